The number of hydrogen-bond donors (Lipinski definition) is 2. The summed E-state index contributed by atoms with van der Waals surface area (Å²) in [5, 5.41) is 22.4. The van der Waals surface area contributed by atoms with Gasteiger partial charge in [-0.15, -0.1) is 0 Å². The first-order chi connectivity index (χ1) is 14.9. The molecule has 0 saturated heterocycles. The monoisotopic (exact) mass is 439 g/mol. The van der Waals surface area contributed by atoms with Crippen molar-refractivity contribution >= 4 is 0 Å². The molecule has 1 aromatic rings. The SMILES string of the molecule is C[C@]12CC[C@@]3(C)[C@@](C)(CC[C@@]4(C)C(O)C(Cc5ccncc5)C[C@]34C)[C@]1(C)CC[C@@H](O)C2. The Balaban J connectivity index is 1.56. The van der Waals surface area contributed by atoms with Crippen LogP contribution in [0.5, 0.6) is 0 Å². The van der Waals surface area contributed by atoms with Crippen LogP contribution in [0.2, 0.25) is 0 Å². The summed E-state index contributed by atoms with van der Waals surface area (Å²) >= 11 is 0. The summed E-state index contributed by atoms with van der Waals surface area (Å²) in [6, 6.07) is 4.23. The summed E-state index contributed by atoms with van der Waals surface area (Å²) in [5.74, 6) is 0.306. The molecule has 1 heterocycles. The van der Waals surface area contributed by atoms with Gasteiger partial charge in [-0.2, -0.15) is 0 Å². The van der Waals surface area contributed by atoms with Crippen molar-refractivity contribution in [2.75, 3.05) is 0 Å². The summed E-state index contributed by atoms with van der Waals surface area (Å²) in [6.45, 7) is 15.2. The number of aromatic nitrogens is 1. The molecule has 2 N–H and O–H groups in total. The first kappa shape index (κ1) is 22.8. The summed E-state index contributed by atoms with van der Waals surface area (Å²) in [5.41, 5.74) is 2.18. The Labute approximate surface area is 195 Å². The average molecular weight is 440 g/mol. The predicted octanol–water partition coefficient (Wildman–Crippen LogP) is 6.18. The number of aliphatic hydroxyl groups is 2. The van der Waals surface area contributed by atoms with Gasteiger partial charge in [0, 0.05) is 12.4 Å². The molecular formula is C29H45NO2. The zero-order valence-electron chi connectivity index (χ0n) is 21.2. The van der Waals surface area contributed by atoms with E-state index in [1.54, 1.807) is 0 Å². The van der Waals surface area contributed by atoms with Crippen molar-refractivity contribution in [1.29, 1.82) is 0 Å². The Morgan fingerprint density at radius 2 is 1.41 bits per heavy atom. The summed E-state index contributed by atoms with van der Waals surface area (Å²) < 4.78 is 0. The van der Waals surface area contributed by atoms with Gasteiger partial charge in [-0.3, -0.25) is 4.98 Å². The Kier molecular flexibility index (Phi) is 4.86. The van der Waals surface area contributed by atoms with Crippen molar-refractivity contribution in [3.8, 4) is 0 Å². The minimum atomic E-state index is -0.253. The van der Waals surface area contributed by atoms with Crippen LogP contribution in [0.1, 0.15) is 98.5 Å². The highest BCUT2D eigenvalue weighted by Gasteiger charge is 2.77. The van der Waals surface area contributed by atoms with Crippen molar-refractivity contribution < 1.29 is 10.2 Å². The summed E-state index contributed by atoms with van der Waals surface area (Å²) in [6.07, 6.45) is 13.2. The fraction of sp³-hybridized carbons (Fsp3) is 0.828. The second kappa shape index (κ2) is 6.81. The Morgan fingerprint density at radius 3 is 2.09 bits per heavy atom. The van der Waals surface area contributed by atoms with Crippen LogP contribution < -0.4 is 0 Å². The van der Waals surface area contributed by atoms with Crippen molar-refractivity contribution in [3.63, 3.8) is 0 Å². The van der Waals surface area contributed by atoms with Crippen LogP contribution in [-0.4, -0.2) is 27.4 Å². The van der Waals surface area contributed by atoms with E-state index in [1.165, 1.54) is 24.8 Å². The summed E-state index contributed by atoms with van der Waals surface area (Å²) in [4.78, 5) is 4.19. The normalized spacial score (nSPS) is 55.1. The molecule has 4 saturated carbocycles. The van der Waals surface area contributed by atoms with Gasteiger partial charge in [0.25, 0.3) is 0 Å². The zero-order valence-corrected chi connectivity index (χ0v) is 21.2. The molecule has 0 amide bonds. The van der Waals surface area contributed by atoms with E-state index in [0.717, 1.165) is 38.5 Å². The lowest BCUT2D eigenvalue weighted by Crippen LogP contribution is -2.70. The number of aliphatic hydroxyl groups excluding tert-OH is 2. The van der Waals surface area contributed by atoms with Gasteiger partial charge < -0.3 is 10.2 Å². The maximum absolute atomic E-state index is 11.8. The minimum Gasteiger partial charge on any atom is -0.393 e. The highest BCUT2D eigenvalue weighted by molar-refractivity contribution is 5.27. The van der Waals surface area contributed by atoms with Gasteiger partial charge in [0.1, 0.15) is 0 Å². The molecule has 0 bridgehead atoms. The topological polar surface area (TPSA) is 53.4 Å². The Morgan fingerprint density at radius 1 is 0.781 bits per heavy atom. The second-order valence-electron chi connectivity index (χ2n) is 13.7. The standard InChI is InChI=1S/C29H45NO2/c1-24-11-13-28(5)27(4,26(24,3)10-7-22(31)19-24)14-12-25(2)23(32)21(18-29(25,28)6)17-20-8-15-30-16-9-20/h8-9,15-16,21-23,31-32H,7,10-14,17-19H2,1-6H3/t21?,22-,23?,24-,25+,26-,27+,28+,29+/m1/s1. The van der Waals surface area contributed by atoms with Gasteiger partial charge in [0.2, 0.25) is 0 Å². The van der Waals surface area contributed by atoms with Crippen LogP contribution in [0, 0.1) is 38.4 Å². The van der Waals surface area contributed by atoms with Crippen molar-refractivity contribution in [1.82, 2.24) is 4.98 Å². The molecule has 5 rings (SSSR count). The van der Waals surface area contributed by atoms with E-state index < -0.39 is 0 Å². The zero-order chi connectivity index (χ0) is 23.2. The first-order valence-corrected chi connectivity index (χ1v) is 13.1. The number of rotatable bonds is 2. The third kappa shape index (κ3) is 2.48. The van der Waals surface area contributed by atoms with Crippen LogP contribution in [0.3, 0.4) is 0 Å². The number of hydrogen-bond acceptors (Lipinski definition) is 3. The van der Waals surface area contributed by atoms with Crippen LogP contribution in [0.4, 0.5) is 0 Å². The smallest absolute Gasteiger partial charge is 0.0630 e. The van der Waals surface area contributed by atoms with E-state index in [1.807, 2.05) is 12.4 Å². The minimum absolute atomic E-state index is 0.0444. The largest absolute Gasteiger partial charge is 0.393 e. The third-order valence-electron chi connectivity index (χ3n) is 13.2. The molecular weight excluding hydrogens is 394 g/mol. The highest BCUT2D eigenvalue weighted by atomic mass is 16.3. The molecule has 4 aliphatic rings. The number of pyridine rings is 1. The van der Waals surface area contributed by atoms with Crippen molar-refractivity contribution in [2.24, 2.45) is 38.4 Å². The number of fused-ring (bicyclic) bond motifs is 5. The molecule has 1 aromatic heterocycles. The molecule has 0 aromatic carbocycles. The third-order valence-corrected chi connectivity index (χ3v) is 13.2. The van der Waals surface area contributed by atoms with Crippen LogP contribution in [0.25, 0.3) is 0 Å². The van der Waals surface area contributed by atoms with Crippen molar-refractivity contribution in [3.05, 3.63) is 30.1 Å². The van der Waals surface area contributed by atoms with Crippen LogP contribution in [-0.2, 0) is 6.42 Å². The Bertz CT molecular complexity index is 888. The first-order valence-electron chi connectivity index (χ1n) is 13.1. The fourth-order valence-corrected chi connectivity index (χ4v) is 10.3. The van der Waals surface area contributed by atoms with E-state index in [0.29, 0.717) is 5.92 Å². The van der Waals surface area contributed by atoms with E-state index in [2.05, 4.69) is 58.7 Å². The van der Waals surface area contributed by atoms with Gasteiger partial charge in [-0.1, -0.05) is 41.5 Å². The van der Waals surface area contributed by atoms with E-state index in [4.69, 9.17) is 0 Å². The average Bonchev–Trinajstić information content (AvgIpc) is 2.95. The molecule has 178 valence electrons. The molecule has 3 heteroatoms. The molecule has 9 atom stereocenters. The summed E-state index contributed by atoms with van der Waals surface area (Å²) in [7, 11) is 0. The van der Waals surface area contributed by atoms with E-state index in [9.17, 15) is 10.2 Å². The van der Waals surface area contributed by atoms with Gasteiger partial charge >= 0.3 is 0 Å². The Hall–Kier alpha value is -0.930. The molecule has 4 fully saturated rings. The number of nitrogens with zero attached hydrogens (tertiary/aromatic N) is 1. The maximum atomic E-state index is 11.8. The quantitative estimate of drug-likeness (QED) is 0.579. The molecule has 32 heavy (non-hydrogen) atoms. The molecule has 2 unspecified atom stereocenters. The molecule has 0 spiro atoms. The second-order valence-corrected chi connectivity index (χ2v) is 13.7. The molecule has 3 nitrogen and oxygen atoms in total. The van der Waals surface area contributed by atoms with E-state index >= 15 is 0 Å². The fourth-order valence-electron chi connectivity index (χ4n) is 10.3. The maximum Gasteiger partial charge on any atom is 0.0630 e. The van der Waals surface area contributed by atoms with Crippen molar-refractivity contribution in [2.45, 2.75) is 112 Å². The lowest BCUT2D eigenvalue weighted by Gasteiger charge is -2.77. The van der Waals surface area contributed by atoms with Crippen LogP contribution >= 0.6 is 0 Å². The molecule has 0 aliphatic heterocycles. The lowest BCUT2D eigenvalue weighted by atomic mass is 9.27. The highest BCUT2D eigenvalue weighted by Crippen LogP contribution is 2.83. The van der Waals surface area contributed by atoms with Gasteiger partial charge in [0.05, 0.1) is 12.2 Å². The molecule has 0 radical (unpaired) electrons. The van der Waals surface area contributed by atoms with Gasteiger partial charge in [-0.05, 0) is 114 Å². The van der Waals surface area contributed by atoms with Crippen LogP contribution in [0.15, 0.2) is 24.5 Å². The molecule has 4 aliphatic carbocycles. The van der Waals surface area contributed by atoms with E-state index in [-0.39, 0.29) is 44.7 Å². The lowest BCUT2D eigenvalue weighted by molar-refractivity contribution is -0.292. The van der Waals surface area contributed by atoms with Gasteiger partial charge in [-0.25, -0.2) is 0 Å². The van der Waals surface area contributed by atoms with Gasteiger partial charge in [0.15, 0.2) is 0 Å². The predicted molar refractivity (Wildman–Crippen MR) is 129 cm³/mol.